The van der Waals surface area contributed by atoms with Crippen LogP contribution in [-0.4, -0.2) is 57.7 Å². The number of benzene rings is 1. The van der Waals surface area contributed by atoms with Crippen molar-refractivity contribution in [1.82, 2.24) is 19.9 Å². The number of carbonyl (C=O) groups excluding carboxylic acids is 1. The van der Waals surface area contributed by atoms with E-state index >= 15 is 0 Å². The average Bonchev–Trinajstić information content (AvgIpc) is 2.97. The Bertz CT molecular complexity index is 1520. The van der Waals surface area contributed by atoms with Gasteiger partial charge in [0.1, 0.15) is 11.7 Å². The molecular weight excluding hydrogens is 561 g/mol. The fraction of sp³-hybridized carbons (Fsp3) is 0.367. The molecule has 1 fully saturated rings. The Labute approximate surface area is 248 Å². The minimum Gasteiger partial charge on any atom is -0.444 e. The third-order valence-corrected chi connectivity index (χ3v) is 6.74. The number of alkyl halides is 3. The minimum absolute atomic E-state index is 0.0448. The molecule has 1 saturated heterocycles. The number of anilines is 2. The molecule has 1 atom stereocenters. The summed E-state index contributed by atoms with van der Waals surface area (Å²) in [5, 5.41) is 12.8. The lowest BCUT2D eigenvalue weighted by molar-refractivity contribution is -0.137. The number of hydrogen-bond donors (Lipinski definition) is 2. The summed E-state index contributed by atoms with van der Waals surface area (Å²) >= 11 is 0. The molecule has 0 radical (unpaired) electrons. The van der Waals surface area contributed by atoms with E-state index in [1.54, 1.807) is 4.90 Å². The molecule has 43 heavy (non-hydrogen) atoms. The predicted octanol–water partition coefficient (Wildman–Crippen LogP) is 5.34. The first kappa shape index (κ1) is 31.1. The molecule has 226 valence electrons. The van der Waals surface area contributed by atoms with E-state index in [1.165, 1.54) is 12.4 Å². The molecule has 1 aliphatic rings. The maximum Gasteiger partial charge on any atom is 0.417 e. The number of nitriles is 1. The number of rotatable bonds is 6. The van der Waals surface area contributed by atoms with Crippen molar-refractivity contribution in [2.24, 2.45) is 5.73 Å². The Morgan fingerprint density at radius 2 is 1.79 bits per heavy atom. The lowest BCUT2D eigenvalue weighted by Crippen LogP contribution is -2.50. The van der Waals surface area contributed by atoms with Gasteiger partial charge in [0.05, 0.1) is 29.1 Å². The van der Waals surface area contributed by atoms with E-state index in [0.717, 1.165) is 23.5 Å². The number of nitrogens with zero attached hydrogens (tertiary/aromatic N) is 6. The fourth-order valence-electron chi connectivity index (χ4n) is 4.52. The average molecular weight is 595 g/mol. The second-order valence-electron chi connectivity index (χ2n) is 11.0. The number of hydrogen-bond acceptors (Lipinski definition) is 9. The highest BCUT2D eigenvalue weighted by Gasteiger charge is 2.32. The van der Waals surface area contributed by atoms with Crippen LogP contribution in [0, 0.1) is 11.3 Å². The predicted molar refractivity (Wildman–Crippen MR) is 156 cm³/mol. The largest absolute Gasteiger partial charge is 0.444 e. The smallest absolute Gasteiger partial charge is 0.417 e. The number of halogens is 3. The molecule has 1 amide bonds. The van der Waals surface area contributed by atoms with Crippen molar-refractivity contribution in [1.29, 1.82) is 5.26 Å². The summed E-state index contributed by atoms with van der Waals surface area (Å²) in [6.45, 7) is 9.91. The van der Waals surface area contributed by atoms with Crippen LogP contribution >= 0.6 is 0 Å². The van der Waals surface area contributed by atoms with Crippen LogP contribution in [0.4, 0.5) is 29.6 Å². The molecular formula is C30H33F3N8O2. The summed E-state index contributed by atoms with van der Waals surface area (Å²) in [7, 11) is 0. The zero-order valence-electron chi connectivity index (χ0n) is 24.3. The highest BCUT2D eigenvalue weighted by Crippen LogP contribution is 2.32. The van der Waals surface area contributed by atoms with Gasteiger partial charge in [0.2, 0.25) is 5.95 Å². The molecule has 1 aliphatic heterocycles. The fourth-order valence-corrected chi connectivity index (χ4v) is 4.52. The van der Waals surface area contributed by atoms with E-state index < -0.39 is 17.3 Å². The van der Waals surface area contributed by atoms with Gasteiger partial charge in [-0.15, -0.1) is 0 Å². The molecule has 1 unspecified atom stereocenters. The van der Waals surface area contributed by atoms with Gasteiger partial charge in [-0.1, -0.05) is 12.1 Å². The molecule has 4 rings (SSSR count). The van der Waals surface area contributed by atoms with E-state index in [1.807, 2.05) is 58.0 Å². The quantitative estimate of drug-likeness (QED) is 0.388. The topological polar surface area (TPSA) is 133 Å². The van der Waals surface area contributed by atoms with Crippen molar-refractivity contribution in [3.63, 3.8) is 0 Å². The summed E-state index contributed by atoms with van der Waals surface area (Å²) < 4.78 is 45.3. The van der Waals surface area contributed by atoms with Gasteiger partial charge in [-0.05, 0) is 51.5 Å². The Balaban J connectivity index is 1.45. The highest BCUT2D eigenvalue weighted by atomic mass is 19.4. The number of nitrogens with two attached hydrogens (primary N) is 1. The zero-order chi connectivity index (χ0) is 31.4. The third-order valence-electron chi connectivity index (χ3n) is 6.74. The SMILES string of the molecule is CC(Nc1ncc(C#N)c(/C(=C/N)c2cncc(C(F)(F)F)c2)n1)c1ccc(N2CCN(C(=O)OC(C)(C)C)CC2)cc1. The van der Waals surface area contributed by atoms with Crippen LogP contribution in [0.3, 0.4) is 0 Å². The molecule has 10 nitrogen and oxygen atoms in total. The molecule has 3 aromatic rings. The Morgan fingerprint density at radius 1 is 1.12 bits per heavy atom. The van der Waals surface area contributed by atoms with Gasteiger partial charge in [-0.3, -0.25) is 4.98 Å². The third kappa shape index (κ3) is 7.71. The molecule has 0 spiro atoms. The van der Waals surface area contributed by atoms with Crippen molar-refractivity contribution in [2.75, 3.05) is 36.4 Å². The van der Waals surface area contributed by atoms with Gasteiger partial charge in [0, 0.05) is 61.6 Å². The maximum absolute atomic E-state index is 13.3. The summed E-state index contributed by atoms with van der Waals surface area (Å²) in [6, 6.07) is 10.6. The Kier molecular flexibility index (Phi) is 9.08. The molecule has 1 aromatic carbocycles. The van der Waals surface area contributed by atoms with Crippen LogP contribution in [0.25, 0.3) is 5.57 Å². The van der Waals surface area contributed by atoms with Crippen LogP contribution < -0.4 is 16.0 Å². The van der Waals surface area contributed by atoms with Crippen LogP contribution in [0.1, 0.15) is 61.7 Å². The summed E-state index contributed by atoms with van der Waals surface area (Å²) in [6.07, 6.45) is -0.574. The number of piperazine rings is 1. The molecule has 0 bridgehead atoms. The van der Waals surface area contributed by atoms with Gasteiger partial charge in [-0.2, -0.15) is 18.4 Å². The molecule has 0 aliphatic carbocycles. The second kappa shape index (κ2) is 12.6. The number of ether oxygens (including phenoxy) is 1. The lowest BCUT2D eigenvalue weighted by atomic mass is 10.0. The van der Waals surface area contributed by atoms with Crippen molar-refractivity contribution >= 4 is 23.3 Å². The second-order valence-corrected chi connectivity index (χ2v) is 11.0. The first-order valence-electron chi connectivity index (χ1n) is 13.6. The summed E-state index contributed by atoms with van der Waals surface area (Å²) in [5.74, 6) is 0.170. The van der Waals surface area contributed by atoms with Crippen LogP contribution in [0.5, 0.6) is 0 Å². The van der Waals surface area contributed by atoms with Gasteiger partial charge in [0.15, 0.2) is 0 Å². The van der Waals surface area contributed by atoms with E-state index in [9.17, 15) is 23.2 Å². The van der Waals surface area contributed by atoms with E-state index in [4.69, 9.17) is 10.5 Å². The minimum atomic E-state index is -4.60. The molecule has 13 heteroatoms. The van der Waals surface area contributed by atoms with Crippen LogP contribution in [0.2, 0.25) is 0 Å². The van der Waals surface area contributed by atoms with Crippen molar-refractivity contribution in [2.45, 2.75) is 45.5 Å². The van der Waals surface area contributed by atoms with E-state index in [2.05, 4.69) is 25.2 Å². The normalized spacial score (nSPS) is 15.1. The van der Waals surface area contributed by atoms with Crippen molar-refractivity contribution in [3.8, 4) is 6.07 Å². The first-order valence-corrected chi connectivity index (χ1v) is 13.6. The summed E-state index contributed by atoms with van der Waals surface area (Å²) in [5.41, 5.74) is 6.56. The Morgan fingerprint density at radius 3 is 2.37 bits per heavy atom. The van der Waals surface area contributed by atoms with Gasteiger partial charge < -0.3 is 25.6 Å². The standard InChI is InChI=1S/C30H33F3N8O2/c1-19(20-5-7-24(8-6-20)40-9-11-41(12-10-40)28(42)43-29(2,3)4)38-27-37-17-22(14-34)26(39-27)25(15-35)21-13-23(18-36-16-21)30(31,32)33/h5-8,13,15-19H,9-12,35H2,1-4H3,(H,37,38,39)/b25-15+. The summed E-state index contributed by atoms with van der Waals surface area (Å²) in [4.78, 5) is 28.6. The highest BCUT2D eigenvalue weighted by molar-refractivity contribution is 5.80. The number of pyridine rings is 1. The lowest BCUT2D eigenvalue weighted by Gasteiger charge is -2.36. The number of carbonyl (C=O) groups is 1. The number of amides is 1. The van der Waals surface area contributed by atoms with Crippen LogP contribution in [-0.2, 0) is 10.9 Å². The molecule has 0 saturated carbocycles. The van der Waals surface area contributed by atoms with Crippen molar-refractivity contribution in [3.05, 3.63) is 83.1 Å². The van der Waals surface area contributed by atoms with Gasteiger partial charge in [0.25, 0.3) is 0 Å². The van der Waals surface area contributed by atoms with Gasteiger partial charge in [-0.25, -0.2) is 14.8 Å². The zero-order valence-corrected chi connectivity index (χ0v) is 24.3. The Hall–Kier alpha value is -4.86. The number of nitrogens with one attached hydrogen (secondary N) is 1. The van der Waals surface area contributed by atoms with E-state index in [-0.39, 0.29) is 40.5 Å². The van der Waals surface area contributed by atoms with E-state index in [0.29, 0.717) is 32.4 Å². The first-order chi connectivity index (χ1) is 20.3. The molecule has 3 N–H and O–H groups in total. The molecule has 2 aromatic heterocycles. The molecule has 3 heterocycles. The van der Waals surface area contributed by atoms with Crippen LogP contribution in [0.15, 0.2) is 55.1 Å². The van der Waals surface area contributed by atoms with Gasteiger partial charge >= 0.3 is 12.3 Å². The number of aromatic nitrogens is 3. The monoisotopic (exact) mass is 594 g/mol. The maximum atomic E-state index is 13.3. The van der Waals surface area contributed by atoms with Crippen molar-refractivity contribution < 1.29 is 22.7 Å².